The molecule has 1 aliphatic heterocycles. The summed E-state index contributed by atoms with van der Waals surface area (Å²) >= 11 is 0. The third-order valence-corrected chi connectivity index (χ3v) is 4.96. The van der Waals surface area contributed by atoms with Crippen molar-refractivity contribution in [3.8, 4) is 0 Å². The van der Waals surface area contributed by atoms with Gasteiger partial charge >= 0.3 is 0 Å². The largest absolute Gasteiger partial charge is 0.313 e. The van der Waals surface area contributed by atoms with Gasteiger partial charge < -0.3 is 5.32 Å². The first-order chi connectivity index (χ1) is 7.48. The molecule has 0 radical (unpaired) electrons. The molecule has 0 bridgehead atoms. The number of piperidine rings is 1. The van der Waals surface area contributed by atoms with Crippen LogP contribution in [0.1, 0.15) is 26.2 Å². The van der Waals surface area contributed by atoms with Crippen LogP contribution in [0.25, 0.3) is 0 Å². The van der Waals surface area contributed by atoms with Gasteiger partial charge in [0.1, 0.15) is 0 Å². The Morgan fingerprint density at radius 3 is 2.44 bits per heavy atom. The summed E-state index contributed by atoms with van der Waals surface area (Å²) in [4.78, 5) is 0. The van der Waals surface area contributed by atoms with E-state index in [0.29, 0.717) is 19.1 Å². The SMILES string of the molecule is CCN(CC1CCCCN1)S(=O)(=O)N(C)C. The van der Waals surface area contributed by atoms with Crippen molar-refractivity contribution in [2.45, 2.75) is 32.2 Å². The van der Waals surface area contributed by atoms with Gasteiger partial charge in [0, 0.05) is 33.2 Å². The van der Waals surface area contributed by atoms with E-state index in [1.54, 1.807) is 14.1 Å². The van der Waals surface area contributed by atoms with Gasteiger partial charge in [-0.15, -0.1) is 0 Å². The van der Waals surface area contributed by atoms with Gasteiger partial charge in [-0.1, -0.05) is 13.3 Å². The average Bonchev–Trinajstić information content (AvgIpc) is 2.26. The Labute approximate surface area is 99.0 Å². The maximum absolute atomic E-state index is 12.0. The number of hydrogen-bond donors (Lipinski definition) is 1. The maximum atomic E-state index is 12.0. The first kappa shape index (κ1) is 13.9. The van der Waals surface area contributed by atoms with Crippen molar-refractivity contribution in [2.75, 3.05) is 33.7 Å². The van der Waals surface area contributed by atoms with Crippen molar-refractivity contribution >= 4 is 10.2 Å². The molecule has 1 rings (SSSR count). The lowest BCUT2D eigenvalue weighted by Crippen LogP contribution is -2.48. The molecule has 96 valence electrons. The van der Waals surface area contributed by atoms with Gasteiger partial charge in [-0.05, 0) is 19.4 Å². The van der Waals surface area contributed by atoms with Crippen LogP contribution in [-0.2, 0) is 10.2 Å². The minimum absolute atomic E-state index is 0.309. The van der Waals surface area contributed by atoms with E-state index in [1.807, 2.05) is 6.92 Å². The van der Waals surface area contributed by atoms with Crippen molar-refractivity contribution in [1.82, 2.24) is 13.9 Å². The Hall–Kier alpha value is -0.170. The molecule has 1 atom stereocenters. The summed E-state index contributed by atoms with van der Waals surface area (Å²) in [5, 5.41) is 3.37. The van der Waals surface area contributed by atoms with Crippen LogP contribution in [0.2, 0.25) is 0 Å². The number of nitrogens with one attached hydrogen (secondary N) is 1. The predicted molar refractivity (Wildman–Crippen MR) is 65.5 cm³/mol. The third-order valence-electron chi connectivity index (χ3n) is 2.98. The Balaban J connectivity index is 2.60. The summed E-state index contributed by atoms with van der Waals surface area (Å²) in [5.74, 6) is 0. The topological polar surface area (TPSA) is 52.7 Å². The van der Waals surface area contributed by atoms with Gasteiger partial charge in [-0.25, -0.2) is 0 Å². The fourth-order valence-electron chi connectivity index (χ4n) is 1.94. The van der Waals surface area contributed by atoms with Crippen LogP contribution < -0.4 is 5.32 Å². The lowest BCUT2D eigenvalue weighted by molar-refractivity contribution is 0.307. The normalized spacial score (nSPS) is 22.9. The second-order valence-electron chi connectivity index (χ2n) is 4.39. The molecule has 1 heterocycles. The number of rotatable bonds is 5. The van der Waals surface area contributed by atoms with Gasteiger partial charge in [-0.2, -0.15) is 17.0 Å². The van der Waals surface area contributed by atoms with E-state index in [2.05, 4.69) is 5.32 Å². The molecule has 0 amide bonds. The highest BCUT2D eigenvalue weighted by Gasteiger charge is 2.26. The molecule has 1 N–H and O–H groups in total. The molecule has 5 nitrogen and oxygen atoms in total. The van der Waals surface area contributed by atoms with Crippen LogP contribution in [0.15, 0.2) is 0 Å². The summed E-state index contributed by atoms with van der Waals surface area (Å²) in [6.07, 6.45) is 3.46. The summed E-state index contributed by atoms with van der Waals surface area (Å²) in [6, 6.07) is 0.309. The van der Waals surface area contributed by atoms with Crippen molar-refractivity contribution in [3.05, 3.63) is 0 Å². The monoisotopic (exact) mass is 249 g/mol. The summed E-state index contributed by atoms with van der Waals surface area (Å²) in [5.41, 5.74) is 0. The quantitative estimate of drug-likeness (QED) is 0.760. The van der Waals surface area contributed by atoms with Crippen molar-refractivity contribution < 1.29 is 8.42 Å². The Kier molecular flexibility index (Phi) is 5.17. The highest BCUT2D eigenvalue weighted by molar-refractivity contribution is 7.86. The number of hydrogen-bond acceptors (Lipinski definition) is 3. The van der Waals surface area contributed by atoms with E-state index in [-0.39, 0.29) is 0 Å². The lowest BCUT2D eigenvalue weighted by atomic mass is 10.1. The van der Waals surface area contributed by atoms with Crippen molar-refractivity contribution in [1.29, 1.82) is 0 Å². The Morgan fingerprint density at radius 1 is 1.31 bits per heavy atom. The van der Waals surface area contributed by atoms with Crippen LogP contribution in [0.4, 0.5) is 0 Å². The highest BCUT2D eigenvalue weighted by atomic mass is 32.2. The van der Waals surface area contributed by atoms with E-state index in [1.165, 1.54) is 21.5 Å². The fraction of sp³-hybridized carbons (Fsp3) is 1.00. The van der Waals surface area contributed by atoms with Crippen LogP contribution in [0.3, 0.4) is 0 Å². The first-order valence-electron chi connectivity index (χ1n) is 5.89. The molecule has 0 spiro atoms. The molecule has 6 heteroatoms. The molecule has 0 aromatic heterocycles. The second kappa shape index (κ2) is 5.95. The van der Waals surface area contributed by atoms with E-state index in [0.717, 1.165) is 13.0 Å². The predicted octanol–water partition coefficient (Wildman–Crippen LogP) is 0.257. The molecular weight excluding hydrogens is 226 g/mol. The lowest BCUT2D eigenvalue weighted by Gasteiger charge is -2.30. The summed E-state index contributed by atoms with van der Waals surface area (Å²) in [7, 11) is -0.110. The summed E-state index contributed by atoms with van der Waals surface area (Å²) in [6.45, 7) is 3.99. The highest BCUT2D eigenvalue weighted by Crippen LogP contribution is 2.11. The maximum Gasteiger partial charge on any atom is 0.281 e. The van der Waals surface area contributed by atoms with E-state index >= 15 is 0 Å². The minimum Gasteiger partial charge on any atom is -0.313 e. The van der Waals surface area contributed by atoms with Crippen LogP contribution in [-0.4, -0.2) is 56.8 Å². The van der Waals surface area contributed by atoms with Crippen LogP contribution in [0.5, 0.6) is 0 Å². The van der Waals surface area contributed by atoms with Crippen LogP contribution >= 0.6 is 0 Å². The zero-order valence-corrected chi connectivity index (χ0v) is 11.3. The summed E-state index contributed by atoms with van der Waals surface area (Å²) < 4.78 is 26.7. The zero-order valence-electron chi connectivity index (χ0n) is 10.4. The zero-order chi connectivity index (χ0) is 12.2. The molecule has 1 unspecified atom stereocenters. The van der Waals surface area contributed by atoms with Crippen molar-refractivity contribution in [2.24, 2.45) is 0 Å². The molecular formula is C10H23N3O2S. The van der Waals surface area contributed by atoms with Crippen LogP contribution in [0, 0.1) is 0 Å². The van der Waals surface area contributed by atoms with E-state index in [4.69, 9.17) is 0 Å². The molecule has 1 saturated heterocycles. The van der Waals surface area contributed by atoms with Crippen molar-refractivity contribution in [3.63, 3.8) is 0 Å². The van der Waals surface area contributed by atoms with E-state index in [9.17, 15) is 8.42 Å². The smallest absolute Gasteiger partial charge is 0.281 e. The molecule has 1 fully saturated rings. The standard InChI is InChI=1S/C10H23N3O2S/c1-4-13(16(14,15)12(2)3)9-10-7-5-6-8-11-10/h10-11H,4-9H2,1-3H3. The van der Waals surface area contributed by atoms with Gasteiger partial charge in [0.05, 0.1) is 0 Å². The number of likely N-dealkylation sites (N-methyl/N-ethyl adjacent to an activating group) is 1. The second-order valence-corrected chi connectivity index (χ2v) is 6.53. The average molecular weight is 249 g/mol. The Bertz CT molecular complexity index is 297. The third kappa shape index (κ3) is 3.41. The van der Waals surface area contributed by atoms with E-state index < -0.39 is 10.2 Å². The molecule has 16 heavy (non-hydrogen) atoms. The minimum atomic E-state index is -3.26. The van der Waals surface area contributed by atoms with Gasteiger partial charge in [-0.3, -0.25) is 0 Å². The van der Waals surface area contributed by atoms with Gasteiger partial charge in [0.25, 0.3) is 10.2 Å². The van der Waals surface area contributed by atoms with Gasteiger partial charge in [0.2, 0.25) is 0 Å². The molecule has 0 aromatic carbocycles. The Morgan fingerprint density at radius 2 is 2.00 bits per heavy atom. The molecule has 1 aliphatic rings. The first-order valence-corrected chi connectivity index (χ1v) is 7.29. The molecule has 0 aromatic rings. The molecule has 0 saturated carbocycles. The fourth-order valence-corrected chi connectivity index (χ4v) is 3.10. The molecule has 0 aliphatic carbocycles. The number of nitrogens with zero attached hydrogens (tertiary/aromatic N) is 2. The van der Waals surface area contributed by atoms with Gasteiger partial charge in [0.15, 0.2) is 0 Å².